The first-order chi connectivity index (χ1) is 6.91. The Kier molecular flexibility index (Phi) is 4.71. The first-order valence-corrected chi connectivity index (χ1v) is 6.32. The van der Waals surface area contributed by atoms with Crippen LogP contribution in [0.3, 0.4) is 0 Å². The Morgan fingerprint density at radius 3 is 2.47 bits per heavy atom. The molecule has 15 heavy (non-hydrogen) atoms. The highest BCUT2D eigenvalue weighted by Gasteiger charge is 2.22. The monoisotopic (exact) mass is 285 g/mol. The van der Waals surface area contributed by atoms with E-state index in [-0.39, 0.29) is 11.9 Å². The first kappa shape index (κ1) is 13.1. The van der Waals surface area contributed by atoms with E-state index in [0.717, 1.165) is 0 Å². The molecular weight excluding hydrogens is 277 g/mol. The lowest BCUT2D eigenvalue weighted by Crippen LogP contribution is -2.32. The Morgan fingerprint density at radius 2 is 2.07 bits per heavy atom. The molecular formula is C9H10Cl3NOS. The zero-order chi connectivity index (χ0) is 11.6. The normalized spacial score (nSPS) is 12.9. The lowest BCUT2D eigenvalue weighted by molar-refractivity contribution is -0.121. The van der Waals surface area contributed by atoms with Crippen LogP contribution in [-0.2, 0) is 4.79 Å². The largest absolute Gasteiger partial charge is 0.352 e. The summed E-state index contributed by atoms with van der Waals surface area (Å²) < 4.78 is 0.983. The number of nitrogens with one attached hydrogen (secondary N) is 1. The van der Waals surface area contributed by atoms with Gasteiger partial charge >= 0.3 is 0 Å². The van der Waals surface area contributed by atoms with Crippen LogP contribution in [-0.4, -0.2) is 11.9 Å². The summed E-state index contributed by atoms with van der Waals surface area (Å²) in [7, 11) is 0. The number of rotatable bonds is 3. The van der Waals surface area contributed by atoms with Crippen LogP contribution in [0.4, 0.5) is 0 Å². The van der Waals surface area contributed by atoms with E-state index in [1.807, 2.05) is 13.8 Å². The SMILES string of the molecule is CC(C)NC(=O)C(Cl)c1cc(Cl)sc1Cl. The highest BCUT2D eigenvalue weighted by atomic mass is 35.5. The van der Waals surface area contributed by atoms with Crippen molar-refractivity contribution in [3.8, 4) is 0 Å². The Bertz CT molecular complexity index is 364. The zero-order valence-electron chi connectivity index (χ0n) is 8.18. The molecule has 0 fully saturated rings. The third-order valence-electron chi connectivity index (χ3n) is 1.62. The van der Waals surface area contributed by atoms with Crippen molar-refractivity contribution in [3.05, 3.63) is 20.3 Å². The number of halogens is 3. The number of amides is 1. The van der Waals surface area contributed by atoms with Crippen molar-refractivity contribution < 1.29 is 4.79 Å². The molecule has 1 unspecified atom stereocenters. The van der Waals surface area contributed by atoms with Gasteiger partial charge in [0.1, 0.15) is 5.38 Å². The maximum Gasteiger partial charge on any atom is 0.242 e. The minimum atomic E-state index is -0.788. The molecule has 1 rings (SSSR count). The standard InChI is InChI=1S/C9H10Cl3NOS/c1-4(2)13-9(14)7(11)5-3-6(10)15-8(5)12/h3-4,7H,1-2H3,(H,13,14). The smallest absolute Gasteiger partial charge is 0.242 e. The fourth-order valence-corrected chi connectivity index (χ4v) is 2.91. The molecule has 0 aliphatic heterocycles. The summed E-state index contributed by atoms with van der Waals surface area (Å²) in [5, 5.41) is 1.92. The van der Waals surface area contributed by atoms with Gasteiger partial charge in [-0.1, -0.05) is 23.2 Å². The van der Waals surface area contributed by atoms with Crippen molar-refractivity contribution in [1.82, 2.24) is 5.32 Å². The van der Waals surface area contributed by atoms with Gasteiger partial charge < -0.3 is 5.32 Å². The molecule has 1 amide bonds. The van der Waals surface area contributed by atoms with E-state index in [0.29, 0.717) is 14.2 Å². The fraction of sp³-hybridized carbons (Fsp3) is 0.444. The van der Waals surface area contributed by atoms with Crippen LogP contribution in [0.5, 0.6) is 0 Å². The summed E-state index contributed by atoms with van der Waals surface area (Å²) in [5.74, 6) is -0.261. The topological polar surface area (TPSA) is 29.1 Å². The Balaban J connectivity index is 2.80. The average molecular weight is 287 g/mol. The van der Waals surface area contributed by atoms with Gasteiger partial charge in [-0.2, -0.15) is 0 Å². The molecule has 0 saturated heterocycles. The van der Waals surface area contributed by atoms with Gasteiger partial charge in [-0.3, -0.25) is 4.79 Å². The fourth-order valence-electron chi connectivity index (χ4n) is 1.02. The molecule has 1 heterocycles. The molecule has 2 nitrogen and oxygen atoms in total. The van der Waals surface area contributed by atoms with Gasteiger partial charge in [0, 0.05) is 11.6 Å². The van der Waals surface area contributed by atoms with E-state index in [1.54, 1.807) is 6.07 Å². The summed E-state index contributed by atoms with van der Waals surface area (Å²) in [5.41, 5.74) is 0.562. The van der Waals surface area contributed by atoms with Crippen molar-refractivity contribution in [3.63, 3.8) is 0 Å². The van der Waals surface area contributed by atoms with Gasteiger partial charge in [0.15, 0.2) is 0 Å². The van der Waals surface area contributed by atoms with Gasteiger partial charge in [0.2, 0.25) is 5.91 Å². The van der Waals surface area contributed by atoms with E-state index >= 15 is 0 Å². The summed E-state index contributed by atoms with van der Waals surface area (Å²) in [6.45, 7) is 3.73. The molecule has 0 spiro atoms. The first-order valence-electron chi connectivity index (χ1n) is 4.31. The highest BCUT2D eigenvalue weighted by Crippen LogP contribution is 2.37. The van der Waals surface area contributed by atoms with Gasteiger partial charge in [-0.05, 0) is 19.9 Å². The second kappa shape index (κ2) is 5.39. The molecule has 6 heteroatoms. The van der Waals surface area contributed by atoms with E-state index in [4.69, 9.17) is 34.8 Å². The van der Waals surface area contributed by atoms with Crippen LogP contribution in [0.1, 0.15) is 24.8 Å². The van der Waals surface area contributed by atoms with E-state index in [9.17, 15) is 4.79 Å². The molecule has 1 aromatic heterocycles. The molecule has 0 aromatic carbocycles. The second-order valence-corrected chi connectivity index (χ2v) is 6.03. The Labute approximate surface area is 108 Å². The van der Waals surface area contributed by atoms with Crippen molar-refractivity contribution >= 4 is 52.0 Å². The van der Waals surface area contributed by atoms with Gasteiger partial charge in [-0.15, -0.1) is 22.9 Å². The van der Waals surface area contributed by atoms with Crippen molar-refractivity contribution in [1.29, 1.82) is 0 Å². The lowest BCUT2D eigenvalue weighted by atomic mass is 10.2. The zero-order valence-corrected chi connectivity index (χ0v) is 11.3. The molecule has 1 N–H and O–H groups in total. The number of hydrogen-bond acceptors (Lipinski definition) is 2. The van der Waals surface area contributed by atoms with Crippen LogP contribution in [0, 0.1) is 0 Å². The van der Waals surface area contributed by atoms with Gasteiger partial charge in [-0.25, -0.2) is 0 Å². The number of alkyl halides is 1. The van der Waals surface area contributed by atoms with Gasteiger partial charge in [0.25, 0.3) is 0 Å². The van der Waals surface area contributed by atoms with Crippen LogP contribution in [0.2, 0.25) is 8.67 Å². The molecule has 0 saturated carbocycles. The van der Waals surface area contributed by atoms with Crippen LogP contribution in [0.25, 0.3) is 0 Å². The Morgan fingerprint density at radius 1 is 1.47 bits per heavy atom. The summed E-state index contributed by atoms with van der Waals surface area (Å²) in [6.07, 6.45) is 0. The van der Waals surface area contributed by atoms with Crippen molar-refractivity contribution in [2.75, 3.05) is 0 Å². The van der Waals surface area contributed by atoms with E-state index in [1.165, 1.54) is 11.3 Å². The number of carbonyl (C=O) groups excluding carboxylic acids is 1. The third kappa shape index (κ3) is 3.52. The van der Waals surface area contributed by atoms with Crippen LogP contribution < -0.4 is 5.32 Å². The minimum absolute atomic E-state index is 0.0478. The maximum absolute atomic E-state index is 11.6. The number of carbonyl (C=O) groups is 1. The summed E-state index contributed by atoms with van der Waals surface area (Å²) in [6, 6.07) is 1.66. The maximum atomic E-state index is 11.6. The highest BCUT2D eigenvalue weighted by molar-refractivity contribution is 7.20. The van der Waals surface area contributed by atoms with Crippen molar-refractivity contribution in [2.24, 2.45) is 0 Å². The van der Waals surface area contributed by atoms with Gasteiger partial charge in [0.05, 0.1) is 8.67 Å². The third-order valence-corrected chi connectivity index (χ3v) is 3.57. The predicted octanol–water partition coefficient (Wildman–Crippen LogP) is 3.86. The summed E-state index contributed by atoms with van der Waals surface area (Å²) in [4.78, 5) is 11.6. The molecule has 0 aliphatic rings. The minimum Gasteiger partial charge on any atom is -0.352 e. The van der Waals surface area contributed by atoms with Crippen LogP contribution in [0.15, 0.2) is 6.07 Å². The number of thiophene rings is 1. The van der Waals surface area contributed by atoms with Crippen molar-refractivity contribution in [2.45, 2.75) is 25.3 Å². The summed E-state index contributed by atoms with van der Waals surface area (Å²) >= 11 is 18.8. The molecule has 1 atom stereocenters. The Hall–Kier alpha value is 0.0400. The van der Waals surface area contributed by atoms with Crippen LogP contribution >= 0.6 is 46.1 Å². The molecule has 1 aromatic rings. The van der Waals surface area contributed by atoms with E-state index in [2.05, 4.69) is 5.32 Å². The molecule has 0 aliphatic carbocycles. The number of hydrogen-bond donors (Lipinski definition) is 1. The molecule has 0 bridgehead atoms. The molecule has 84 valence electrons. The second-order valence-electron chi connectivity index (χ2n) is 3.31. The van der Waals surface area contributed by atoms with E-state index < -0.39 is 5.38 Å². The quantitative estimate of drug-likeness (QED) is 0.840. The average Bonchev–Trinajstić information content (AvgIpc) is 2.42. The lowest BCUT2D eigenvalue weighted by Gasteiger charge is -2.12. The predicted molar refractivity (Wildman–Crippen MR) is 66.2 cm³/mol. The molecule has 0 radical (unpaired) electrons.